The summed E-state index contributed by atoms with van der Waals surface area (Å²) in [5.74, 6) is 0. The van der Waals surface area contributed by atoms with Crippen LogP contribution in [0.2, 0.25) is 0 Å². The summed E-state index contributed by atoms with van der Waals surface area (Å²) in [6.07, 6.45) is 2.41. The van der Waals surface area contributed by atoms with Crippen LogP contribution in [0.3, 0.4) is 0 Å². The predicted octanol–water partition coefficient (Wildman–Crippen LogP) is 6.26. The molecule has 0 bridgehead atoms. The van der Waals surface area contributed by atoms with Gasteiger partial charge in [0.2, 0.25) is 0 Å². The highest BCUT2D eigenvalue weighted by Crippen LogP contribution is 2.20. The largest absolute Gasteiger partial charge is 0.382 e. The number of halogens is 1. The quantitative estimate of drug-likeness (QED) is 0.324. The second-order valence-electron chi connectivity index (χ2n) is 8.95. The van der Waals surface area contributed by atoms with E-state index in [0.29, 0.717) is 12.1 Å². The third kappa shape index (κ3) is 7.06. The lowest BCUT2D eigenvalue weighted by molar-refractivity contribution is 0.120. The Morgan fingerprint density at radius 3 is 1.91 bits per heavy atom. The van der Waals surface area contributed by atoms with Crippen LogP contribution in [0.1, 0.15) is 30.9 Å². The van der Waals surface area contributed by atoms with Gasteiger partial charge >= 0.3 is 0 Å². The zero-order chi connectivity index (χ0) is 22.2. The van der Waals surface area contributed by atoms with Gasteiger partial charge in [-0.1, -0.05) is 60.7 Å². The topological polar surface area (TPSA) is 18.5 Å². The van der Waals surface area contributed by atoms with E-state index in [1.165, 1.54) is 33.2 Å². The molecule has 1 aliphatic rings. The van der Waals surface area contributed by atoms with Crippen LogP contribution in [0.25, 0.3) is 0 Å². The molecule has 3 nitrogen and oxygen atoms in total. The highest BCUT2D eigenvalue weighted by Gasteiger charge is 2.23. The lowest BCUT2D eigenvalue weighted by atomic mass is 10.0. The second-order valence-corrected chi connectivity index (χ2v) is 10.2. The van der Waals surface area contributed by atoms with Gasteiger partial charge in [0.1, 0.15) is 0 Å². The molecule has 1 heterocycles. The van der Waals surface area contributed by atoms with Crippen LogP contribution in [0.5, 0.6) is 0 Å². The minimum Gasteiger partial charge on any atom is -0.382 e. The number of piperidine rings is 1. The summed E-state index contributed by atoms with van der Waals surface area (Å²) in [5, 5.41) is 3.73. The van der Waals surface area contributed by atoms with Crippen molar-refractivity contribution in [3.63, 3.8) is 0 Å². The van der Waals surface area contributed by atoms with Crippen molar-refractivity contribution >= 4 is 28.3 Å². The molecule has 4 rings (SSSR count). The maximum absolute atomic E-state index is 3.73. The van der Waals surface area contributed by atoms with Crippen LogP contribution < -0.4 is 5.32 Å². The van der Waals surface area contributed by atoms with Gasteiger partial charge in [-0.15, -0.1) is 0 Å². The molecule has 0 amide bonds. The smallest absolute Gasteiger partial charge is 0.0343 e. The van der Waals surface area contributed by atoms with E-state index in [-0.39, 0.29) is 0 Å². The van der Waals surface area contributed by atoms with Gasteiger partial charge in [-0.2, -0.15) is 0 Å². The van der Waals surface area contributed by atoms with E-state index in [4.69, 9.17) is 0 Å². The molecule has 1 saturated heterocycles. The Morgan fingerprint density at radius 1 is 0.844 bits per heavy atom. The first-order valence-corrected chi connectivity index (χ1v) is 12.8. The number of nitrogens with one attached hydrogen (secondary N) is 1. The van der Waals surface area contributed by atoms with Crippen LogP contribution in [0.15, 0.2) is 84.9 Å². The van der Waals surface area contributed by atoms with Gasteiger partial charge in [0.05, 0.1) is 0 Å². The first kappa shape index (κ1) is 23.3. The standard InChI is InChI=1S/C28H34IN3/c1-23(20-31-18-16-28(17-19-31)30-27-14-12-26(29)13-15-27)32(21-24-8-4-2-5-9-24)22-25-10-6-3-7-11-25/h2-15,23,28,30H,16-22H2,1H3. The molecule has 1 atom stereocenters. The molecule has 3 aromatic carbocycles. The molecule has 3 aromatic rings. The Bertz CT molecular complexity index is 880. The summed E-state index contributed by atoms with van der Waals surface area (Å²) in [5.41, 5.74) is 4.01. The Balaban J connectivity index is 1.32. The van der Waals surface area contributed by atoms with Crippen LogP contribution >= 0.6 is 22.6 Å². The molecule has 0 saturated carbocycles. The van der Waals surface area contributed by atoms with Crippen molar-refractivity contribution in [1.29, 1.82) is 0 Å². The van der Waals surface area contributed by atoms with E-state index in [1.54, 1.807) is 0 Å². The van der Waals surface area contributed by atoms with Crippen LogP contribution in [0, 0.1) is 3.57 Å². The van der Waals surface area contributed by atoms with Gasteiger partial charge in [0.25, 0.3) is 0 Å². The minimum atomic E-state index is 0.496. The van der Waals surface area contributed by atoms with Gasteiger partial charge in [0.15, 0.2) is 0 Å². The Kier molecular flexibility index (Phi) is 8.60. The minimum absolute atomic E-state index is 0.496. The van der Waals surface area contributed by atoms with Crippen molar-refractivity contribution in [3.8, 4) is 0 Å². The lowest BCUT2D eigenvalue weighted by Gasteiger charge is -2.37. The zero-order valence-corrected chi connectivity index (χ0v) is 21.1. The second kappa shape index (κ2) is 11.8. The third-order valence-electron chi connectivity index (χ3n) is 6.41. The van der Waals surface area contributed by atoms with E-state index in [0.717, 1.165) is 32.7 Å². The van der Waals surface area contributed by atoms with Gasteiger partial charge < -0.3 is 10.2 Å². The number of benzene rings is 3. The van der Waals surface area contributed by atoms with Gasteiger partial charge in [-0.05, 0) is 77.7 Å². The van der Waals surface area contributed by atoms with E-state index >= 15 is 0 Å². The molecule has 4 heteroatoms. The number of hydrogen-bond donors (Lipinski definition) is 1. The molecular formula is C28H34IN3. The molecule has 0 radical (unpaired) electrons. The van der Waals surface area contributed by atoms with Crippen molar-refractivity contribution in [2.45, 2.75) is 44.9 Å². The Morgan fingerprint density at radius 2 is 1.38 bits per heavy atom. The van der Waals surface area contributed by atoms with Crippen molar-refractivity contribution in [2.24, 2.45) is 0 Å². The summed E-state index contributed by atoms with van der Waals surface area (Å²) in [6, 6.07) is 31.6. The number of likely N-dealkylation sites (tertiary alicyclic amines) is 1. The van der Waals surface area contributed by atoms with Gasteiger partial charge in [-0.3, -0.25) is 4.90 Å². The van der Waals surface area contributed by atoms with E-state index in [2.05, 4.69) is 130 Å². The lowest BCUT2D eigenvalue weighted by Crippen LogP contribution is -2.46. The molecule has 0 spiro atoms. The number of anilines is 1. The van der Waals surface area contributed by atoms with E-state index in [9.17, 15) is 0 Å². The molecule has 1 aliphatic heterocycles. The van der Waals surface area contributed by atoms with E-state index in [1.807, 2.05) is 0 Å². The number of nitrogens with zero attached hydrogens (tertiary/aromatic N) is 2. The fourth-order valence-corrected chi connectivity index (χ4v) is 4.89. The van der Waals surface area contributed by atoms with Crippen LogP contribution in [-0.4, -0.2) is 41.5 Å². The maximum atomic E-state index is 3.73. The summed E-state index contributed by atoms with van der Waals surface area (Å²) in [6.45, 7) is 7.81. The molecule has 1 fully saturated rings. The third-order valence-corrected chi connectivity index (χ3v) is 7.12. The van der Waals surface area contributed by atoms with E-state index < -0.39 is 0 Å². The molecule has 168 valence electrons. The van der Waals surface area contributed by atoms with Crippen LogP contribution in [0.4, 0.5) is 5.69 Å². The fraction of sp³-hybridized carbons (Fsp3) is 0.357. The predicted molar refractivity (Wildman–Crippen MR) is 144 cm³/mol. The van der Waals surface area contributed by atoms with Crippen molar-refractivity contribution in [2.75, 3.05) is 25.0 Å². The summed E-state index contributed by atoms with van der Waals surface area (Å²) < 4.78 is 1.28. The summed E-state index contributed by atoms with van der Waals surface area (Å²) in [4.78, 5) is 5.28. The maximum Gasteiger partial charge on any atom is 0.0343 e. The van der Waals surface area contributed by atoms with Gasteiger partial charge in [0, 0.05) is 54.1 Å². The summed E-state index contributed by atoms with van der Waals surface area (Å²) >= 11 is 2.36. The molecule has 0 aromatic heterocycles. The zero-order valence-electron chi connectivity index (χ0n) is 19.0. The Hall–Kier alpha value is -1.89. The molecule has 0 aliphatic carbocycles. The fourth-order valence-electron chi connectivity index (χ4n) is 4.53. The van der Waals surface area contributed by atoms with Crippen LogP contribution in [-0.2, 0) is 13.1 Å². The van der Waals surface area contributed by atoms with Crippen molar-refractivity contribution < 1.29 is 0 Å². The average Bonchev–Trinajstić information content (AvgIpc) is 2.83. The monoisotopic (exact) mass is 539 g/mol. The molecule has 1 unspecified atom stereocenters. The Labute approximate surface area is 207 Å². The van der Waals surface area contributed by atoms with Crippen molar-refractivity contribution in [1.82, 2.24) is 9.80 Å². The highest BCUT2D eigenvalue weighted by molar-refractivity contribution is 14.1. The molecular weight excluding hydrogens is 505 g/mol. The van der Waals surface area contributed by atoms with Crippen molar-refractivity contribution in [3.05, 3.63) is 99.6 Å². The number of rotatable bonds is 9. The van der Waals surface area contributed by atoms with Gasteiger partial charge in [-0.25, -0.2) is 0 Å². The number of hydrogen-bond acceptors (Lipinski definition) is 3. The average molecular weight is 540 g/mol. The SMILES string of the molecule is CC(CN1CCC(Nc2ccc(I)cc2)CC1)N(Cc1ccccc1)Cc1ccccc1. The molecule has 32 heavy (non-hydrogen) atoms. The summed E-state index contributed by atoms with van der Waals surface area (Å²) in [7, 11) is 0. The highest BCUT2D eigenvalue weighted by atomic mass is 127. The molecule has 1 N–H and O–H groups in total. The first-order valence-electron chi connectivity index (χ1n) is 11.7. The normalized spacial score (nSPS) is 16.2. The first-order chi connectivity index (χ1) is 15.7.